The second kappa shape index (κ2) is 12.7. The molecular weight excluding hydrogens is 613 g/mol. The van der Waals surface area contributed by atoms with Crippen molar-refractivity contribution in [2.24, 2.45) is 5.92 Å². The summed E-state index contributed by atoms with van der Waals surface area (Å²) < 4.78 is 13.1. The number of urea groups is 1. The lowest BCUT2D eigenvalue weighted by atomic mass is 10.0. The molecule has 2 heterocycles. The minimum Gasteiger partial charge on any atom is -0.334 e. The highest BCUT2D eigenvalue weighted by Gasteiger charge is 2.47. The molecule has 48 heavy (non-hydrogen) atoms. The van der Waals surface area contributed by atoms with Crippen molar-refractivity contribution in [2.45, 2.75) is 38.4 Å². The van der Waals surface area contributed by atoms with E-state index in [2.05, 4.69) is 10.6 Å². The van der Waals surface area contributed by atoms with Crippen molar-refractivity contribution in [2.75, 3.05) is 21.7 Å². The van der Waals surface area contributed by atoms with E-state index in [0.29, 0.717) is 29.9 Å². The molecule has 0 bridgehead atoms. The van der Waals surface area contributed by atoms with Gasteiger partial charge in [0.25, 0.3) is 11.8 Å². The first-order valence-electron chi connectivity index (χ1n) is 15.8. The molecule has 2 atom stereocenters. The monoisotopic (exact) mass is 645 g/mol. The Bertz CT molecular complexity index is 1890. The van der Waals surface area contributed by atoms with Gasteiger partial charge in [-0.15, -0.1) is 0 Å². The first-order valence-corrected chi connectivity index (χ1v) is 15.8. The van der Waals surface area contributed by atoms with Crippen LogP contribution in [-0.2, 0) is 22.7 Å². The minimum atomic E-state index is -0.504. The molecule has 0 radical (unpaired) electrons. The van der Waals surface area contributed by atoms with Crippen LogP contribution < -0.4 is 20.4 Å². The zero-order chi connectivity index (χ0) is 33.4. The van der Waals surface area contributed by atoms with Crippen LogP contribution in [0.15, 0.2) is 97.1 Å². The Morgan fingerprint density at radius 2 is 1.35 bits per heavy atom. The molecule has 7 rings (SSSR count). The lowest BCUT2D eigenvalue weighted by molar-refractivity contribution is -0.123. The van der Waals surface area contributed by atoms with Gasteiger partial charge in [0, 0.05) is 18.3 Å². The summed E-state index contributed by atoms with van der Waals surface area (Å²) in [5, 5.41) is 5.52. The average Bonchev–Trinajstić information content (AvgIpc) is 3.65. The van der Waals surface area contributed by atoms with Crippen molar-refractivity contribution in [3.05, 3.63) is 125 Å². The smallest absolute Gasteiger partial charge is 0.319 e. The van der Waals surface area contributed by atoms with Crippen LogP contribution >= 0.6 is 0 Å². The summed E-state index contributed by atoms with van der Waals surface area (Å²) in [4.78, 5) is 71.2. The maximum absolute atomic E-state index is 14.2. The van der Waals surface area contributed by atoms with Gasteiger partial charge in [-0.3, -0.25) is 24.1 Å². The molecule has 3 aliphatic rings. The summed E-state index contributed by atoms with van der Waals surface area (Å²) in [6.45, 7) is 0.0429. The van der Waals surface area contributed by atoms with Gasteiger partial charge in [-0.05, 0) is 72.5 Å². The summed E-state index contributed by atoms with van der Waals surface area (Å²) in [5.74, 6) is -2.32. The number of hydrogen-bond donors (Lipinski definition) is 2. The molecule has 1 aliphatic carbocycles. The summed E-state index contributed by atoms with van der Waals surface area (Å²) in [5.41, 5.74) is 3.80. The lowest BCUT2D eigenvalue weighted by Gasteiger charge is -2.31. The number of rotatable bonds is 7. The van der Waals surface area contributed by atoms with E-state index in [1.165, 1.54) is 12.1 Å². The molecule has 4 aromatic rings. The summed E-state index contributed by atoms with van der Waals surface area (Å²) in [6, 6.07) is 25.9. The minimum absolute atomic E-state index is 0.0941. The number of nitrogens with zero attached hydrogens (tertiary/aromatic N) is 3. The number of carbonyl (C=O) groups is 5. The number of hydrogen-bond acceptors (Lipinski definition) is 5. The van der Waals surface area contributed by atoms with E-state index in [1.54, 1.807) is 76.5 Å². The summed E-state index contributed by atoms with van der Waals surface area (Å²) in [7, 11) is 0. The summed E-state index contributed by atoms with van der Waals surface area (Å²) >= 11 is 0. The average molecular weight is 646 g/mol. The molecule has 0 aromatic heterocycles. The molecule has 1 saturated carbocycles. The Balaban J connectivity index is 1.09. The Kier molecular flexibility index (Phi) is 8.18. The number of halogens is 1. The standard InChI is InChI=1S/C37H32FN5O5/c38-25-16-12-23(13-17-25)20-39-37(48)40-26-18-14-24(15-19-26)21-41-31-9-3-4-10-32(31)43(30-11-5-8-29(30)36(41)47)33(44)22-42-34(45)27-6-1-2-7-28(27)35(42)46/h1-4,6-7,9-10,12-19,29-30H,5,8,11,20-22H2,(H2,39,40,48)/t29-,30+/m0/s1. The molecule has 4 aromatic carbocycles. The molecule has 1 fully saturated rings. The van der Waals surface area contributed by atoms with E-state index in [1.807, 2.05) is 18.2 Å². The number of imide groups is 1. The number of benzene rings is 4. The first-order chi connectivity index (χ1) is 23.3. The third-order valence-corrected chi connectivity index (χ3v) is 9.19. The maximum atomic E-state index is 14.2. The molecule has 242 valence electrons. The van der Waals surface area contributed by atoms with E-state index in [9.17, 15) is 28.4 Å². The SMILES string of the molecule is O=C(NCc1ccc(F)cc1)Nc1ccc(CN2C(=O)[C@H]3CCC[C@H]3N(C(=O)CN3C(=O)c4ccccc4C3=O)c3ccccc32)cc1. The molecule has 2 N–H and O–H groups in total. The van der Waals surface area contributed by atoms with E-state index in [0.717, 1.165) is 22.4 Å². The van der Waals surface area contributed by atoms with Crippen molar-refractivity contribution in [1.82, 2.24) is 10.2 Å². The number of carbonyl (C=O) groups excluding carboxylic acids is 5. The highest BCUT2D eigenvalue weighted by molar-refractivity contribution is 6.23. The third-order valence-electron chi connectivity index (χ3n) is 9.19. The molecule has 11 heteroatoms. The predicted molar refractivity (Wildman–Crippen MR) is 177 cm³/mol. The highest BCUT2D eigenvalue weighted by Crippen LogP contribution is 2.43. The second-order valence-electron chi connectivity index (χ2n) is 12.2. The van der Waals surface area contributed by atoms with Gasteiger partial charge in [0.15, 0.2) is 0 Å². The van der Waals surface area contributed by atoms with Crippen LogP contribution in [0.2, 0.25) is 0 Å². The van der Waals surface area contributed by atoms with E-state index in [4.69, 9.17) is 0 Å². The normalized spacial score (nSPS) is 18.3. The number of anilines is 3. The Hall–Kier alpha value is -5.84. The molecular formula is C37H32FN5O5. The highest BCUT2D eigenvalue weighted by atomic mass is 19.1. The first kappa shape index (κ1) is 30.8. The topological polar surface area (TPSA) is 119 Å². The molecule has 0 spiro atoms. The molecule has 10 nitrogen and oxygen atoms in total. The van der Waals surface area contributed by atoms with Gasteiger partial charge in [0.1, 0.15) is 12.4 Å². The number of nitrogens with one attached hydrogen (secondary N) is 2. The molecule has 2 aliphatic heterocycles. The van der Waals surface area contributed by atoms with E-state index < -0.39 is 42.3 Å². The van der Waals surface area contributed by atoms with Gasteiger partial charge in [0.05, 0.1) is 35.0 Å². The van der Waals surface area contributed by atoms with Crippen LogP contribution in [0.25, 0.3) is 0 Å². The van der Waals surface area contributed by atoms with Crippen LogP contribution in [0, 0.1) is 11.7 Å². The van der Waals surface area contributed by atoms with Gasteiger partial charge in [-0.2, -0.15) is 0 Å². The van der Waals surface area contributed by atoms with Crippen molar-refractivity contribution in [3.63, 3.8) is 0 Å². The van der Waals surface area contributed by atoms with Crippen LogP contribution in [0.1, 0.15) is 51.1 Å². The van der Waals surface area contributed by atoms with E-state index >= 15 is 0 Å². The van der Waals surface area contributed by atoms with Crippen molar-refractivity contribution in [1.29, 1.82) is 0 Å². The van der Waals surface area contributed by atoms with Gasteiger partial charge in [-0.1, -0.05) is 55.0 Å². The van der Waals surface area contributed by atoms with Crippen molar-refractivity contribution in [3.8, 4) is 0 Å². The Morgan fingerprint density at radius 3 is 2.04 bits per heavy atom. The predicted octanol–water partition coefficient (Wildman–Crippen LogP) is 5.49. The lowest BCUT2D eigenvalue weighted by Crippen LogP contribution is -2.49. The van der Waals surface area contributed by atoms with Crippen LogP contribution in [0.3, 0.4) is 0 Å². The zero-order valence-electron chi connectivity index (χ0n) is 25.9. The third kappa shape index (κ3) is 5.79. The zero-order valence-corrected chi connectivity index (χ0v) is 25.9. The van der Waals surface area contributed by atoms with Gasteiger partial charge in [0.2, 0.25) is 11.8 Å². The molecule has 0 saturated heterocycles. The number of fused-ring (bicyclic) bond motifs is 3. The quantitative estimate of drug-likeness (QED) is 0.258. The van der Waals surface area contributed by atoms with Gasteiger partial charge >= 0.3 is 6.03 Å². The molecule has 0 unspecified atom stereocenters. The fourth-order valence-electron chi connectivity index (χ4n) is 6.84. The summed E-state index contributed by atoms with van der Waals surface area (Å²) in [6.07, 6.45) is 1.99. The molecule has 6 amide bonds. The fourth-order valence-corrected chi connectivity index (χ4v) is 6.84. The van der Waals surface area contributed by atoms with E-state index in [-0.39, 0.29) is 35.9 Å². The van der Waals surface area contributed by atoms with Crippen LogP contribution in [0.4, 0.5) is 26.2 Å². The van der Waals surface area contributed by atoms with Crippen LogP contribution in [-0.4, -0.2) is 47.1 Å². The van der Waals surface area contributed by atoms with Crippen molar-refractivity contribution >= 4 is 46.7 Å². The van der Waals surface area contributed by atoms with Crippen LogP contribution in [0.5, 0.6) is 0 Å². The second-order valence-corrected chi connectivity index (χ2v) is 12.2. The number of para-hydroxylation sites is 2. The number of amides is 6. The Morgan fingerprint density at radius 1 is 0.729 bits per heavy atom. The van der Waals surface area contributed by atoms with Gasteiger partial charge < -0.3 is 20.4 Å². The van der Waals surface area contributed by atoms with Crippen molar-refractivity contribution < 1.29 is 28.4 Å². The Labute approximate surface area is 276 Å². The maximum Gasteiger partial charge on any atom is 0.319 e. The fraction of sp³-hybridized carbons (Fsp3) is 0.216. The van der Waals surface area contributed by atoms with Gasteiger partial charge in [-0.25, -0.2) is 9.18 Å². The largest absolute Gasteiger partial charge is 0.334 e.